The molecule has 1 aliphatic rings. The molecule has 0 spiro atoms. The average Bonchev–Trinajstić information content (AvgIpc) is 2.37. The molecule has 0 aromatic heterocycles. The molecule has 4 heteroatoms. The maximum absolute atomic E-state index is 12.1. The van der Waals surface area contributed by atoms with Gasteiger partial charge in [0, 0.05) is 11.5 Å². The van der Waals surface area contributed by atoms with Crippen molar-refractivity contribution in [3.8, 4) is 11.5 Å². The van der Waals surface area contributed by atoms with Crippen LogP contribution >= 0.6 is 0 Å². The number of rotatable bonds is 4. The van der Waals surface area contributed by atoms with Crippen molar-refractivity contribution in [1.29, 1.82) is 0 Å². The molecule has 4 nitrogen and oxygen atoms in total. The van der Waals surface area contributed by atoms with Gasteiger partial charge in [0.1, 0.15) is 13.2 Å². The summed E-state index contributed by atoms with van der Waals surface area (Å²) in [5.41, 5.74) is 6.12. The Bertz CT molecular complexity index is 417. The summed E-state index contributed by atoms with van der Waals surface area (Å²) in [5, 5.41) is 0. The first-order chi connectivity index (χ1) is 8.22. The number of hydrogen-bond donors (Lipinski definition) is 1. The summed E-state index contributed by atoms with van der Waals surface area (Å²) in [5.74, 6) is 1.41. The van der Waals surface area contributed by atoms with Gasteiger partial charge in [0.25, 0.3) is 0 Å². The molecule has 0 fully saturated rings. The molecule has 0 saturated carbocycles. The van der Waals surface area contributed by atoms with E-state index in [2.05, 4.69) is 0 Å². The topological polar surface area (TPSA) is 61.6 Å². The second-order valence-corrected chi connectivity index (χ2v) is 4.20. The van der Waals surface area contributed by atoms with E-state index in [0.29, 0.717) is 43.2 Å². The molecule has 92 valence electrons. The van der Waals surface area contributed by atoms with Crippen LogP contribution in [0.1, 0.15) is 23.7 Å². The van der Waals surface area contributed by atoms with Crippen LogP contribution in [0, 0.1) is 5.92 Å². The monoisotopic (exact) mass is 235 g/mol. The predicted molar refractivity (Wildman–Crippen MR) is 64.6 cm³/mol. The van der Waals surface area contributed by atoms with Crippen LogP contribution in [0.4, 0.5) is 0 Å². The summed E-state index contributed by atoms with van der Waals surface area (Å²) >= 11 is 0. The quantitative estimate of drug-likeness (QED) is 0.806. The molecule has 1 aromatic rings. The number of ketones is 1. The van der Waals surface area contributed by atoms with Crippen LogP contribution in [0.3, 0.4) is 0 Å². The van der Waals surface area contributed by atoms with E-state index in [4.69, 9.17) is 15.2 Å². The van der Waals surface area contributed by atoms with Gasteiger partial charge in [-0.1, -0.05) is 6.92 Å². The maximum atomic E-state index is 12.1. The highest BCUT2D eigenvalue weighted by Crippen LogP contribution is 2.31. The fourth-order valence-corrected chi connectivity index (χ4v) is 1.86. The molecule has 1 aromatic carbocycles. The number of fused-ring (bicyclic) bond motifs is 1. The lowest BCUT2D eigenvalue weighted by Gasteiger charge is -2.19. The van der Waals surface area contributed by atoms with Gasteiger partial charge in [0.2, 0.25) is 0 Å². The number of carbonyl (C=O) groups excluding carboxylic acids is 1. The molecule has 17 heavy (non-hydrogen) atoms. The van der Waals surface area contributed by atoms with Gasteiger partial charge in [0.05, 0.1) is 0 Å². The fourth-order valence-electron chi connectivity index (χ4n) is 1.86. The Labute approximate surface area is 101 Å². The molecule has 0 bridgehead atoms. The molecule has 0 aliphatic carbocycles. The lowest BCUT2D eigenvalue weighted by molar-refractivity contribution is 0.0924. The van der Waals surface area contributed by atoms with E-state index < -0.39 is 0 Å². The van der Waals surface area contributed by atoms with Crippen LogP contribution in [0.15, 0.2) is 18.2 Å². The first kappa shape index (κ1) is 11.9. The number of ether oxygens (including phenoxy) is 2. The summed E-state index contributed by atoms with van der Waals surface area (Å²) in [6.45, 7) is 3.51. The minimum Gasteiger partial charge on any atom is -0.486 e. The molecule has 0 amide bonds. The predicted octanol–water partition coefficient (Wildman–Crippen LogP) is 1.63. The normalized spacial score (nSPS) is 15.4. The third kappa shape index (κ3) is 2.58. The maximum Gasteiger partial charge on any atom is 0.165 e. The molecule has 0 saturated heterocycles. The van der Waals surface area contributed by atoms with Crippen LogP contribution in [0.5, 0.6) is 11.5 Å². The van der Waals surface area contributed by atoms with Crippen molar-refractivity contribution >= 4 is 5.78 Å². The number of benzene rings is 1. The minimum absolute atomic E-state index is 0.0532. The van der Waals surface area contributed by atoms with Gasteiger partial charge in [-0.3, -0.25) is 4.79 Å². The van der Waals surface area contributed by atoms with Crippen molar-refractivity contribution in [2.45, 2.75) is 13.3 Å². The molecular weight excluding hydrogens is 218 g/mol. The van der Waals surface area contributed by atoms with E-state index in [9.17, 15) is 4.79 Å². The van der Waals surface area contributed by atoms with E-state index in [1.54, 1.807) is 18.2 Å². The second kappa shape index (κ2) is 5.19. The molecule has 1 atom stereocenters. The molecular formula is C13H17NO3. The number of nitrogens with two attached hydrogens (primary N) is 1. The van der Waals surface area contributed by atoms with Crippen LogP contribution in [0.2, 0.25) is 0 Å². The third-order valence-corrected chi connectivity index (χ3v) is 2.87. The van der Waals surface area contributed by atoms with Crippen molar-refractivity contribution in [1.82, 2.24) is 0 Å². The largest absolute Gasteiger partial charge is 0.486 e. The Morgan fingerprint density at radius 2 is 2.06 bits per heavy atom. The fraction of sp³-hybridized carbons (Fsp3) is 0.462. The molecule has 1 aliphatic heterocycles. The van der Waals surface area contributed by atoms with Crippen molar-refractivity contribution in [3.05, 3.63) is 23.8 Å². The highest BCUT2D eigenvalue weighted by Gasteiger charge is 2.18. The Kier molecular flexibility index (Phi) is 3.64. The highest BCUT2D eigenvalue weighted by molar-refractivity contribution is 5.98. The molecule has 1 unspecified atom stereocenters. The molecule has 2 N–H and O–H groups in total. The number of carbonyl (C=O) groups is 1. The number of hydrogen-bond acceptors (Lipinski definition) is 4. The van der Waals surface area contributed by atoms with E-state index in [-0.39, 0.29) is 11.7 Å². The van der Waals surface area contributed by atoms with Gasteiger partial charge in [-0.15, -0.1) is 0 Å². The van der Waals surface area contributed by atoms with Gasteiger partial charge < -0.3 is 15.2 Å². The Hall–Kier alpha value is -1.55. The van der Waals surface area contributed by atoms with E-state index in [1.165, 1.54) is 0 Å². The summed E-state index contributed by atoms with van der Waals surface area (Å²) in [6, 6.07) is 5.32. The zero-order valence-corrected chi connectivity index (χ0v) is 9.94. The molecule has 2 rings (SSSR count). The van der Waals surface area contributed by atoms with Crippen LogP contribution < -0.4 is 15.2 Å². The standard InChI is InChI=1S/C13H17NO3/c1-9(4-5-14)13(15)10-2-3-11-12(8-10)17-7-6-16-11/h2-3,8-9H,4-7,14H2,1H3. The van der Waals surface area contributed by atoms with Gasteiger partial charge in [0.15, 0.2) is 17.3 Å². The van der Waals surface area contributed by atoms with Crippen molar-refractivity contribution in [3.63, 3.8) is 0 Å². The van der Waals surface area contributed by atoms with E-state index in [1.807, 2.05) is 6.92 Å². The molecule has 0 radical (unpaired) electrons. The van der Waals surface area contributed by atoms with Gasteiger partial charge in [-0.2, -0.15) is 0 Å². The SMILES string of the molecule is CC(CCN)C(=O)c1ccc2c(c1)OCCO2. The van der Waals surface area contributed by atoms with E-state index >= 15 is 0 Å². The van der Waals surface area contributed by atoms with Gasteiger partial charge in [-0.05, 0) is 31.2 Å². The van der Waals surface area contributed by atoms with Gasteiger partial charge in [-0.25, -0.2) is 0 Å². The van der Waals surface area contributed by atoms with Crippen LogP contribution in [-0.4, -0.2) is 25.5 Å². The Balaban J connectivity index is 2.19. The summed E-state index contributed by atoms with van der Waals surface area (Å²) < 4.78 is 10.9. The van der Waals surface area contributed by atoms with Crippen molar-refractivity contribution in [2.75, 3.05) is 19.8 Å². The molecule has 1 heterocycles. The van der Waals surface area contributed by atoms with Gasteiger partial charge >= 0.3 is 0 Å². The summed E-state index contributed by atoms with van der Waals surface area (Å²) in [6.07, 6.45) is 0.702. The lowest BCUT2D eigenvalue weighted by atomic mass is 9.96. The first-order valence-electron chi connectivity index (χ1n) is 5.86. The van der Waals surface area contributed by atoms with E-state index in [0.717, 1.165) is 0 Å². The summed E-state index contributed by atoms with van der Waals surface area (Å²) in [4.78, 5) is 12.1. The number of Topliss-reactive ketones (excluding diaryl/α,β-unsaturated/α-hetero) is 1. The highest BCUT2D eigenvalue weighted by atomic mass is 16.6. The third-order valence-electron chi connectivity index (χ3n) is 2.87. The van der Waals surface area contributed by atoms with Crippen LogP contribution in [-0.2, 0) is 0 Å². The summed E-state index contributed by atoms with van der Waals surface area (Å²) in [7, 11) is 0. The van der Waals surface area contributed by atoms with Crippen molar-refractivity contribution in [2.24, 2.45) is 11.7 Å². The first-order valence-corrected chi connectivity index (χ1v) is 5.86. The lowest BCUT2D eigenvalue weighted by Crippen LogP contribution is -2.18. The Morgan fingerprint density at radius 3 is 2.76 bits per heavy atom. The minimum atomic E-state index is -0.0532. The zero-order valence-electron chi connectivity index (χ0n) is 9.94. The van der Waals surface area contributed by atoms with Crippen molar-refractivity contribution < 1.29 is 14.3 Å². The average molecular weight is 235 g/mol. The Morgan fingerprint density at radius 1 is 1.35 bits per heavy atom. The second-order valence-electron chi connectivity index (χ2n) is 4.20. The van der Waals surface area contributed by atoms with Crippen LogP contribution in [0.25, 0.3) is 0 Å². The smallest absolute Gasteiger partial charge is 0.165 e. The zero-order chi connectivity index (χ0) is 12.3.